The van der Waals surface area contributed by atoms with Gasteiger partial charge in [-0.05, 0) is 55.9 Å². The van der Waals surface area contributed by atoms with E-state index in [2.05, 4.69) is 0 Å². The Kier molecular flexibility index (Phi) is 7.80. The highest BCUT2D eigenvalue weighted by Crippen LogP contribution is 2.43. The van der Waals surface area contributed by atoms with Crippen LogP contribution in [0, 0.1) is 11.8 Å². The molecule has 0 aromatic carbocycles. The number of hydrogen-bond donors (Lipinski definition) is 0. The van der Waals surface area contributed by atoms with Gasteiger partial charge in [-0.3, -0.25) is 0 Å². The van der Waals surface area contributed by atoms with Crippen LogP contribution in [0.5, 0.6) is 0 Å². The van der Waals surface area contributed by atoms with Crippen molar-refractivity contribution < 1.29 is 19.1 Å². The second kappa shape index (κ2) is 9.85. The van der Waals surface area contributed by atoms with E-state index in [0.717, 1.165) is 44.1 Å². The van der Waals surface area contributed by atoms with Crippen LogP contribution >= 0.6 is 0 Å². The predicted molar refractivity (Wildman–Crippen MR) is 93.4 cm³/mol. The van der Waals surface area contributed by atoms with E-state index < -0.39 is 11.9 Å². The van der Waals surface area contributed by atoms with Crippen molar-refractivity contribution >= 4 is 11.9 Å². The van der Waals surface area contributed by atoms with Crippen molar-refractivity contribution in [2.75, 3.05) is 13.2 Å². The summed E-state index contributed by atoms with van der Waals surface area (Å²) in [6.07, 6.45) is 10.6. The first-order valence-corrected chi connectivity index (χ1v) is 9.77. The standard InChI is InChI=1S/C20H32O4/c1-3-13-23-19(21)18(20(22)24-14-4-2)17(15-9-5-6-10-15)16-11-7-8-12-16/h15-16H,3-14H2,1-2H3. The molecule has 0 heterocycles. The van der Waals surface area contributed by atoms with Gasteiger partial charge in [0.05, 0.1) is 13.2 Å². The number of rotatable bonds is 8. The molecule has 4 nitrogen and oxygen atoms in total. The number of carbonyl (C=O) groups is 2. The van der Waals surface area contributed by atoms with Crippen molar-refractivity contribution in [2.45, 2.75) is 78.1 Å². The summed E-state index contributed by atoms with van der Waals surface area (Å²) < 4.78 is 10.7. The average Bonchev–Trinajstić information content (AvgIpc) is 3.28. The number of carbonyl (C=O) groups excluding carboxylic acids is 2. The van der Waals surface area contributed by atoms with E-state index in [-0.39, 0.29) is 5.57 Å². The zero-order valence-corrected chi connectivity index (χ0v) is 15.3. The van der Waals surface area contributed by atoms with E-state index in [9.17, 15) is 9.59 Å². The second-order valence-corrected chi connectivity index (χ2v) is 7.06. The van der Waals surface area contributed by atoms with Gasteiger partial charge in [-0.15, -0.1) is 0 Å². The minimum Gasteiger partial charge on any atom is -0.462 e. The summed E-state index contributed by atoms with van der Waals surface area (Å²) in [7, 11) is 0. The maximum absolute atomic E-state index is 12.7. The summed E-state index contributed by atoms with van der Waals surface area (Å²) in [5.41, 5.74) is 1.29. The summed E-state index contributed by atoms with van der Waals surface area (Å²) in [6, 6.07) is 0. The molecular weight excluding hydrogens is 304 g/mol. The summed E-state index contributed by atoms with van der Waals surface area (Å²) in [5, 5.41) is 0. The Morgan fingerprint density at radius 1 is 0.750 bits per heavy atom. The van der Waals surface area contributed by atoms with Crippen LogP contribution in [0.4, 0.5) is 0 Å². The number of allylic oxidation sites excluding steroid dienone is 1. The first kappa shape index (κ1) is 19.0. The molecule has 24 heavy (non-hydrogen) atoms. The minimum absolute atomic E-state index is 0.232. The number of hydrogen-bond acceptors (Lipinski definition) is 4. The first-order valence-electron chi connectivity index (χ1n) is 9.77. The van der Waals surface area contributed by atoms with Crippen molar-refractivity contribution in [1.82, 2.24) is 0 Å². The fraction of sp³-hybridized carbons (Fsp3) is 0.800. The molecule has 2 saturated carbocycles. The highest BCUT2D eigenvalue weighted by atomic mass is 16.6. The lowest BCUT2D eigenvalue weighted by molar-refractivity contribution is -0.147. The minimum atomic E-state index is -0.466. The molecule has 0 amide bonds. The Morgan fingerprint density at radius 3 is 1.46 bits per heavy atom. The van der Waals surface area contributed by atoms with Crippen molar-refractivity contribution in [3.8, 4) is 0 Å². The Morgan fingerprint density at radius 2 is 1.12 bits per heavy atom. The summed E-state index contributed by atoms with van der Waals surface area (Å²) in [6.45, 7) is 4.62. The molecule has 0 aromatic rings. The van der Waals surface area contributed by atoms with Gasteiger partial charge in [-0.25, -0.2) is 9.59 Å². The van der Waals surface area contributed by atoms with Crippen molar-refractivity contribution in [1.29, 1.82) is 0 Å². The third-order valence-electron chi connectivity index (χ3n) is 5.16. The van der Waals surface area contributed by atoms with E-state index in [4.69, 9.17) is 9.47 Å². The van der Waals surface area contributed by atoms with E-state index in [1.165, 1.54) is 25.7 Å². The maximum Gasteiger partial charge on any atom is 0.345 e. The lowest BCUT2D eigenvalue weighted by Gasteiger charge is -2.24. The Hall–Kier alpha value is -1.32. The van der Waals surface area contributed by atoms with Gasteiger partial charge in [0.2, 0.25) is 0 Å². The van der Waals surface area contributed by atoms with E-state index in [1.54, 1.807) is 0 Å². The van der Waals surface area contributed by atoms with Gasteiger partial charge in [0.25, 0.3) is 0 Å². The number of ether oxygens (including phenoxy) is 2. The summed E-state index contributed by atoms with van der Waals surface area (Å²) >= 11 is 0. The topological polar surface area (TPSA) is 52.6 Å². The van der Waals surface area contributed by atoms with Gasteiger partial charge in [0.15, 0.2) is 0 Å². The largest absolute Gasteiger partial charge is 0.462 e. The molecular formula is C20H32O4. The van der Waals surface area contributed by atoms with E-state index >= 15 is 0 Å². The Balaban J connectivity index is 2.36. The van der Waals surface area contributed by atoms with Crippen molar-refractivity contribution in [3.63, 3.8) is 0 Å². The van der Waals surface area contributed by atoms with Crippen LogP contribution in [0.1, 0.15) is 78.1 Å². The normalized spacial score (nSPS) is 18.6. The fourth-order valence-corrected chi connectivity index (χ4v) is 4.07. The van der Waals surface area contributed by atoms with Gasteiger partial charge in [0, 0.05) is 0 Å². The SMILES string of the molecule is CCCOC(=O)C(C(=O)OCCC)=C(C1CCCC1)C1CCCC1. The van der Waals surface area contributed by atoms with Crippen LogP contribution in [0.25, 0.3) is 0 Å². The predicted octanol–water partition coefficient (Wildman–Crippen LogP) is 4.57. The monoisotopic (exact) mass is 336 g/mol. The molecule has 0 radical (unpaired) electrons. The van der Waals surface area contributed by atoms with Crippen molar-refractivity contribution in [3.05, 3.63) is 11.1 Å². The van der Waals surface area contributed by atoms with Crippen LogP contribution in [-0.4, -0.2) is 25.2 Å². The molecule has 136 valence electrons. The van der Waals surface area contributed by atoms with Crippen LogP contribution in [-0.2, 0) is 19.1 Å². The molecule has 0 aliphatic heterocycles. The smallest absolute Gasteiger partial charge is 0.345 e. The van der Waals surface area contributed by atoms with Crippen molar-refractivity contribution in [2.24, 2.45) is 11.8 Å². The van der Waals surface area contributed by atoms with Gasteiger partial charge in [0.1, 0.15) is 5.57 Å². The molecule has 2 aliphatic rings. The summed E-state index contributed by atoms with van der Waals surface area (Å²) in [5.74, 6) is -0.226. The van der Waals surface area contributed by atoms with Crippen LogP contribution < -0.4 is 0 Å². The molecule has 2 aliphatic carbocycles. The third-order valence-corrected chi connectivity index (χ3v) is 5.16. The molecule has 0 saturated heterocycles. The molecule has 0 spiro atoms. The van der Waals surface area contributed by atoms with Crippen LogP contribution in [0.3, 0.4) is 0 Å². The molecule has 2 rings (SSSR count). The lowest BCUT2D eigenvalue weighted by Crippen LogP contribution is -2.25. The third kappa shape index (κ3) is 4.84. The average molecular weight is 336 g/mol. The van der Waals surface area contributed by atoms with Crippen LogP contribution in [0.15, 0.2) is 11.1 Å². The zero-order valence-electron chi connectivity index (χ0n) is 15.3. The molecule has 0 N–H and O–H groups in total. The van der Waals surface area contributed by atoms with Gasteiger partial charge in [-0.1, -0.05) is 39.5 Å². The highest BCUT2D eigenvalue weighted by molar-refractivity contribution is 6.15. The maximum atomic E-state index is 12.7. The molecule has 0 atom stereocenters. The summed E-state index contributed by atoms with van der Waals surface area (Å²) in [4.78, 5) is 25.4. The zero-order chi connectivity index (χ0) is 17.4. The fourth-order valence-electron chi connectivity index (χ4n) is 4.07. The molecule has 0 unspecified atom stereocenters. The second-order valence-electron chi connectivity index (χ2n) is 7.06. The van der Waals surface area contributed by atoms with E-state index in [0.29, 0.717) is 25.0 Å². The van der Waals surface area contributed by atoms with E-state index in [1.807, 2.05) is 13.8 Å². The number of esters is 2. The van der Waals surface area contributed by atoms with Crippen LogP contribution in [0.2, 0.25) is 0 Å². The van der Waals surface area contributed by atoms with Gasteiger partial charge >= 0.3 is 11.9 Å². The highest BCUT2D eigenvalue weighted by Gasteiger charge is 2.36. The molecule has 4 heteroatoms. The van der Waals surface area contributed by atoms with Gasteiger partial charge in [-0.2, -0.15) is 0 Å². The Labute approximate surface area is 146 Å². The Bertz CT molecular complexity index is 414. The molecule has 0 bridgehead atoms. The molecule has 2 fully saturated rings. The van der Waals surface area contributed by atoms with Gasteiger partial charge < -0.3 is 9.47 Å². The lowest BCUT2D eigenvalue weighted by atomic mass is 9.82. The quantitative estimate of drug-likeness (QED) is 0.282. The first-order chi connectivity index (χ1) is 11.7. The molecule has 0 aromatic heterocycles.